The van der Waals surface area contributed by atoms with Crippen LogP contribution in [0.2, 0.25) is 0 Å². The van der Waals surface area contributed by atoms with Crippen molar-refractivity contribution in [3.05, 3.63) is 23.5 Å². The number of rotatable bonds is 14. The van der Waals surface area contributed by atoms with Crippen molar-refractivity contribution in [3.8, 4) is 5.75 Å². The molecule has 2 rings (SSSR count). The molecule has 0 spiro atoms. The second-order valence-corrected chi connectivity index (χ2v) is 8.72. The number of nitrogens with zero attached hydrogens (tertiary/aromatic N) is 2. The summed E-state index contributed by atoms with van der Waals surface area (Å²) in [6, 6.07) is 1.75. The van der Waals surface area contributed by atoms with Gasteiger partial charge in [0, 0.05) is 29.9 Å². The van der Waals surface area contributed by atoms with Crippen LogP contribution in [0.3, 0.4) is 0 Å². The van der Waals surface area contributed by atoms with Crippen molar-refractivity contribution >= 4 is 5.91 Å². The Balaban J connectivity index is 2.19. The number of ether oxygens (including phenoxy) is 2. The molecule has 30 heavy (non-hydrogen) atoms. The number of carbonyl (C=O) groups is 1. The molecular formula is C23H38N2O5. The van der Waals surface area contributed by atoms with E-state index in [4.69, 9.17) is 9.47 Å². The summed E-state index contributed by atoms with van der Waals surface area (Å²) in [6.45, 7) is 8.32. The molecule has 0 radical (unpaired) electrons. The number of aromatic nitrogens is 1. The molecule has 1 amide bonds. The fraction of sp³-hybridized carbons (Fsp3) is 0.739. The highest BCUT2D eigenvalue weighted by Crippen LogP contribution is 2.45. The quantitative estimate of drug-likeness (QED) is 0.272. The summed E-state index contributed by atoms with van der Waals surface area (Å²) in [7, 11) is 0. The third-order valence-corrected chi connectivity index (χ3v) is 5.86. The van der Waals surface area contributed by atoms with Crippen molar-refractivity contribution in [2.75, 3.05) is 26.7 Å². The summed E-state index contributed by atoms with van der Waals surface area (Å²) in [6.07, 6.45) is 7.46. The average molecular weight is 423 g/mol. The van der Waals surface area contributed by atoms with Gasteiger partial charge in [-0.3, -0.25) is 9.78 Å². The summed E-state index contributed by atoms with van der Waals surface area (Å²) in [5.74, 6) is 0.980. The van der Waals surface area contributed by atoms with Gasteiger partial charge in [-0.25, -0.2) is 0 Å². The first-order chi connectivity index (χ1) is 14.4. The number of carbonyl (C=O) groups excluding carboxylic acids is 1. The predicted octanol–water partition coefficient (Wildman–Crippen LogP) is 3.05. The zero-order valence-electron chi connectivity index (χ0n) is 18.9. The Morgan fingerprint density at radius 2 is 2.03 bits per heavy atom. The lowest BCUT2D eigenvalue weighted by atomic mass is 9.65. The van der Waals surface area contributed by atoms with E-state index in [1.54, 1.807) is 6.20 Å². The molecule has 2 N–H and O–H groups in total. The molecule has 1 aromatic rings. The summed E-state index contributed by atoms with van der Waals surface area (Å²) >= 11 is 0. The molecule has 1 fully saturated rings. The largest absolute Gasteiger partial charge is 0.493 e. The van der Waals surface area contributed by atoms with E-state index in [0.717, 1.165) is 36.3 Å². The molecular weight excluding hydrogens is 384 g/mol. The van der Waals surface area contributed by atoms with E-state index in [-0.39, 0.29) is 25.3 Å². The highest BCUT2D eigenvalue weighted by atomic mass is 16.6. The molecule has 0 aliphatic carbocycles. The van der Waals surface area contributed by atoms with E-state index >= 15 is 0 Å². The van der Waals surface area contributed by atoms with Gasteiger partial charge < -0.3 is 24.6 Å². The van der Waals surface area contributed by atoms with Gasteiger partial charge in [0.1, 0.15) is 19.3 Å². The summed E-state index contributed by atoms with van der Waals surface area (Å²) in [5.41, 5.74) is 0.882. The molecule has 1 aliphatic rings. The van der Waals surface area contributed by atoms with Crippen LogP contribution in [0.1, 0.15) is 64.1 Å². The Labute approximate surface area is 180 Å². The van der Waals surface area contributed by atoms with E-state index in [1.807, 2.05) is 13.0 Å². The standard InChI is InChI=1S/C23H38N2O5/c1-5-6-7-8-9-30-20-11-19(24-13-18(20)4)12-23(14-29-16-27)21(10-17(2)3)25(15-26)22(23)28/h11,13,17,21,26-27H,5-10,12,14-16H2,1-4H3/t21-,23?/m0/s1. The number of aryl methyl sites for hydroxylation is 1. The van der Waals surface area contributed by atoms with Crippen LogP contribution in [0, 0.1) is 18.3 Å². The lowest BCUT2D eigenvalue weighted by Gasteiger charge is -2.55. The van der Waals surface area contributed by atoms with Crippen molar-refractivity contribution in [2.24, 2.45) is 11.3 Å². The number of aliphatic hydroxyl groups excluding tert-OH is 2. The SMILES string of the molecule is CCCCCCOc1cc(CC2(COCO)C(=O)N(CO)[C@H]2CC(C)C)ncc1C. The molecule has 7 nitrogen and oxygen atoms in total. The van der Waals surface area contributed by atoms with Gasteiger partial charge in [-0.05, 0) is 25.7 Å². The van der Waals surface area contributed by atoms with Gasteiger partial charge in [-0.2, -0.15) is 0 Å². The van der Waals surface area contributed by atoms with Gasteiger partial charge in [-0.15, -0.1) is 0 Å². The number of aliphatic hydroxyl groups is 2. The third-order valence-electron chi connectivity index (χ3n) is 5.86. The summed E-state index contributed by atoms with van der Waals surface area (Å²) in [4.78, 5) is 19.0. The molecule has 0 bridgehead atoms. The first-order valence-corrected chi connectivity index (χ1v) is 11.1. The van der Waals surface area contributed by atoms with E-state index in [2.05, 4.69) is 25.8 Å². The normalized spacial score (nSPS) is 21.2. The van der Waals surface area contributed by atoms with Crippen LogP contribution in [-0.4, -0.2) is 58.8 Å². The molecule has 1 aromatic heterocycles. The zero-order chi connectivity index (χ0) is 22.1. The van der Waals surface area contributed by atoms with Crippen LogP contribution in [0.4, 0.5) is 0 Å². The second kappa shape index (κ2) is 11.6. The maximum Gasteiger partial charge on any atom is 0.235 e. The highest BCUT2D eigenvalue weighted by molar-refractivity contribution is 5.90. The fourth-order valence-corrected chi connectivity index (χ4v) is 4.23. The Morgan fingerprint density at radius 1 is 1.27 bits per heavy atom. The number of amides is 1. The number of hydrogen-bond acceptors (Lipinski definition) is 6. The van der Waals surface area contributed by atoms with E-state index < -0.39 is 12.2 Å². The van der Waals surface area contributed by atoms with Crippen molar-refractivity contribution in [1.29, 1.82) is 0 Å². The number of β-lactam (4-membered cyclic amide) rings is 1. The minimum atomic E-state index is -0.837. The van der Waals surface area contributed by atoms with Gasteiger partial charge >= 0.3 is 0 Å². The maximum absolute atomic E-state index is 13.0. The molecule has 0 saturated carbocycles. The molecule has 2 heterocycles. The summed E-state index contributed by atoms with van der Waals surface area (Å²) in [5, 5.41) is 18.9. The lowest BCUT2D eigenvalue weighted by Crippen LogP contribution is -2.72. The van der Waals surface area contributed by atoms with Crippen LogP contribution in [0.5, 0.6) is 5.75 Å². The smallest absolute Gasteiger partial charge is 0.235 e. The van der Waals surface area contributed by atoms with Crippen LogP contribution in [-0.2, 0) is 16.0 Å². The van der Waals surface area contributed by atoms with Gasteiger partial charge in [0.05, 0.1) is 24.7 Å². The molecule has 2 atom stereocenters. The van der Waals surface area contributed by atoms with Crippen LogP contribution in [0.25, 0.3) is 0 Å². The van der Waals surface area contributed by atoms with Crippen LogP contribution in [0.15, 0.2) is 12.3 Å². The van der Waals surface area contributed by atoms with Crippen molar-refractivity contribution in [1.82, 2.24) is 9.88 Å². The van der Waals surface area contributed by atoms with E-state index in [0.29, 0.717) is 18.9 Å². The van der Waals surface area contributed by atoms with E-state index in [9.17, 15) is 15.0 Å². The molecule has 7 heteroatoms. The number of hydrogen-bond donors (Lipinski definition) is 2. The van der Waals surface area contributed by atoms with E-state index in [1.165, 1.54) is 17.7 Å². The van der Waals surface area contributed by atoms with Gasteiger partial charge in [-0.1, -0.05) is 40.0 Å². The summed E-state index contributed by atoms with van der Waals surface area (Å²) < 4.78 is 11.3. The molecule has 170 valence electrons. The maximum atomic E-state index is 13.0. The molecule has 1 saturated heterocycles. The Hall–Kier alpha value is -1.70. The first kappa shape index (κ1) is 24.6. The second-order valence-electron chi connectivity index (χ2n) is 8.72. The molecule has 1 unspecified atom stereocenters. The average Bonchev–Trinajstić information content (AvgIpc) is 2.72. The Morgan fingerprint density at radius 3 is 2.67 bits per heavy atom. The van der Waals surface area contributed by atoms with Crippen LogP contribution < -0.4 is 4.74 Å². The lowest BCUT2D eigenvalue weighted by molar-refractivity contribution is -0.195. The first-order valence-electron chi connectivity index (χ1n) is 11.1. The zero-order valence-corrected chi connectivity index (χ0v) is 18.9. The third kappa shape index (κ3) is 5.71. The van der Waals surface area contributed by atoms with Crippen molar-refractivity contribution < 1.29 is 24.5 Å². The van der Waals surface area contributed by atoms with Crippen LogP contribution >= 0.6 is 0 Å². The van der Waals surface area contributed by atoms with Crippen molar-refractivity contribution in [3.63, 3.8) is 0 Å². The van der Waals surface area contributed by atoms with Gasteiger partial charge in [0.15, 0.2) is 0 Å². The van der Waals surface area contributed by atoms with Gasteiger partial charge in [0.2, 0.25) is 5.91 Å². The monoisotopic (exact) mass is 422 g/mol. The minimum Gasteiger partial charge on any atom is -0.493 e. The molecule has 1 aliphatic heterocycles. The Kier molecular flexibility index (Phi) is 9.52. The predicted molar refractivity (Wildman–Crippen MR) is 115 cm³/mol. The number of unbranched alkanes of at least 4 members (excludes halogenated alkanes) is 3. The number of pyridine rings is 1. The Bertz CT molecular complexity index is 682. The minimum absolute atomic E-state index is 0.0962. The molecule has 0 aromatic carbocycles. The topological polar surface area (TPSA) is 92.1 Å². The van der Waals surface area contributed by atoms with Gasteiger partial charge in [0.25, 0.3) is 0 Å². The van der Waals surface area contributed by atoms with Crippen molar-refractivity contribution in [2.45, 2.75) is 72.3 Å². The highest BCUT2D eigenvalue weighted by Gasteiger charge is 2.60. The fourth-order valence-electron chi connectivity index (χ4n) is 4.23. The number of likely N-dealkylation sites (tertiary alicyclic amines) is 1.